The van der Waals surface area contributed by atoms with E-state index in [9.17, 15) is 4.79 Å². The number of carbonyl (C=O) groups excluding carboxylic acids is 1. The molecule has 0 aliphatic rings. The van der Waals surface area contributed by atoms with Crippen LogP contribution in [0.25, 0.3) is 11.3 Å². The molecule has 6 nitrogen and oxygen atoms in total. The smallest absolute Gasteiger partial charge is 0.344 e. The largest absolute Gasteiger partial charge is 0.497 e. The predicted molar refractivity (Wildman–Crippen MR) is 96.7 cm³/mol. The van der Waals surface area contributed by atoms with Gasteiger partial charge in [-0.1, -0.05) is 17.7 Å². The van der Waals surface area contributed by atoms with Gasteiger partial charge in [-0.3, -0.25) is 0 Å². The minimum absolute atomic E-state index is 0.126. The van der Waals surface area contributed by atoms with Gasteiger partial charge in [-0.25, -0.2) is 4.79 Å². The second-order valence-electron chi connectivity index (χ2n) is 5.58. The third-order valence-electron chi connectivity index (χ3n) is 3.81. The van der Waals surface area contributed by atoms with Crippen LogP contribution in [0.5, 0.6) is 17.4 Å². The summed E-state index contributed by atoms with van der Waals surface area (Å²) in [6.45, 7) is 1.95. The Kier molecular flexibility index (Phi) is 5.12. The van der Waals surface area contributed by atoms with Crippen molar-refractivity contribution in [3.8, 4) is 28.6 Å². The van der Waals surface area contributed by atoms with Crippen LogP contribution in [0, 0.1) is 6.92 Å². The van der Waals surface area contributed by atoms with Crippen LogP contribution in [0.2, 0.25) is 0 Å². The fourth-order valence-electron chi connectivity index (χ4n) is 2.38. The molecule has 0 atom stereocenters. The lowest BCUT2D eigenvalue weighted by Crippen LogP contribution is -2.09. The van der Waals surface area contributed by atoms with Gasteiger partial charge in [0.1, 0.15) is 11.5 Å². The molecule has 0 aliphatic heterocycles. The third-order valence-corrected chi connectivity index (χ3v) is 3.81. The fraction of sp³-hybridized carbons (Fsp3) is 0.150. The first-order chi connectivity index (χ1) is 12.6. The molecule has 3 rings (SSSR count). The predicted octanol–water partition coefficient (Wildman–Crippen LogP) is 3.69. The Balaban J connectivity index is 1.80. The van der Waals surface area contributed by atoms with Gasteiger partial charge in [-0.15, -0.1) is 10.2 Å². The molecule has 6 heteroatoms. The van der Waals surface area contributed by atoms with Crippen LogP contribution in [0.15, 0.2) is 54.6 Å². The zero-order chi connectivity index (χ0) is 18.5. The zero-order valence-corrected chi connectivity index (χ0v) is 14.7. The van der Waals surface area contributed by atoms with Crippen molar-refractivity contribution in [3.05, 3.63) is 65.7 Å². The summed E-state index contributed by atoms with van der Waals surface area (Å²) < 4.78 is 15.9. The van der Waals surface area contributed by atoms with Gasteiger partial charge >= 0.3 is 5.97 Å². The number of aromatic nitrogens is 2. The van der Waals surface area contributed by atoms with Crippen molar-refractivity contribution in [2.24, 2.45) is 0 Å². The highest BCUT2D eigenvalue weighted by Crippen LogP contribution is 2.32. The van der Waals surface area contributed by atoms with E-state index in [0.717, 1.165) is 11.1 Å². The van der Waals surface area contributed by atoms with E-state index < -0.39 is 5.97 Å². The number of rotatable bonds is 5. The van der Waals surface area contributed by atoms with Crippen molar-refractivity contribution >= 4 is 5.97 Å². The van der Waals surface area contributed by atoms with Crippen LogP contribution in [0.3, 0.4) is 0 Å². The van der Waals surface area contributed by atoms with Gasteiger partial charge in [0.25, 0.3) is 0 Å². The molecule has 1 aromatic heterocycles. The molecular weight excluding hydrogens is 332 g/mol. The number of aryl methyl sites for hydroxylation is 1. The van der Waals surface area contributed by atoms with E-state index in [1.165, 1.54) is 0 Å². The van der Waals surface area contributed by atoms with Crippen molar-refractivity contribution in [2.45, 2.75) is 6.92 Å². The van der Waals surface area contributed by atoms with Gasteiger partial charge in [0, 0.05) is 11.6 Å². The number of esters is 1. The Morgan fingerprint density at radius 3 is 2.27 bits per heavy atom. The standard InChI is InChI=1S/C20H18N2O4/c1-13-4-6-14(7-5-13)20(23)26-19-11-9-17(21-22-19)16-12-15(24-2)8-10-18(16)25-3/h4-12H,1-3H3. The van der Waals surface area contributed by atoms with E-state index in [1.54, 1.807) is 56.7 Å². The topological polar surface area (TPSA) is 70.5 Å². The maximum atomic E-state index is 12.1. The van der Waals surface area contributed by atoms with Gasteiger partial charge < -0.3 is 14.2 Å². The second-order valence-corrected chi connectivity index (χ2v) is 5.58. The van der Waals surface area contributed by atoms with Crippen molar-refractivity contribution in [1.29, 1.82) is 0 Å². The number of hydrogen-bond acceptors (Lipinski definition) is 6. The molecule has 0 saturated carbocycles. The van der Waals surface area contributed by atoms with Crippen molar-refractivity contribution in [1.82, 2.24) is 10.2 Å². The molecule has 1 heterocycles. The van der Waals surface area contributed by atoms with E-state index in [0.29, 0.717) is 22.8 Å². The Bertz CT molecular complexity index is 906. The lowest BCUT2D eigenvalue weighted by molar-refractivity contribution is 0.0726. The monoisotopic (exact) mass is 350 g/mol. The second kappa shape index (κ2) is 7.65. The first-order valence-corrected chi connectivity index (χ1v) is 7.95. The first kappa shape index (κ1) is 17.4. The van der Waals surface area contributed by atoms with Gasteiger partial charge in [0.2, 0.25) is 5.88 Å². The molecule has 0 unspecified atom stereocenters. The molecular formula is C20H18N2O4. The Hall–Kier alpha value is -3.41. The zero-order valence-electron chi connectivity index (χ0n) is 14.7. The molecule has 0 N–H and O–H groups in total. The summed E-state index contributed by atoms with van der Waals surface area (Å²) in [5.41, 5.74) is 2.83. The number of methoxy groups -OCH3 is 2. The maximum Gasteiger partial charge on any atom is 0.344 e. The molecule has 0 saturated heterocycles. The summed E-state index contributed by atoms with van der Waals surface area (Å²) in [5, 5.41) is 8.11. The minimum atomic E-state index is -0.481. The van der Waals surface area contributed by atoms with Crippen LogP contribution in [-0.4, -0.2) is 30.4 Å². The van der Waals surface area contributed by atoms with E-state index in [-0.39, 0.29) is 5.88 Å². The normalized spacial score (nSPS) is 10.3. The molecule has 2 aromatic carbocycles. The molecule has 132 valence electrons. The van der Waals surface area contributed by atoms with E-state index in [1.807, 2.05) is 19.1 Å². The summed E-state index contributed by atoms with van der Waals surface area (Å²) in [6.07, 6.45) is 0. The quantitative estimate of drug-likeness (QED) is 0.654. The van der Waals surface area contributed by atoms with Crippen LogP contribution in [0.4, 0.5) is 0 Å². The molecule has 0 bridgehead atoms. The summed E-state index contributed by atoms with van der Waals surface area (Å²) >= 11 is 0. The number of benzene rings is 2. The SMILES string of the molecule is COc1ccc(OC)c(-c2ccc(OC(=O)c3ccc(C)cc3)nn2)c1. The van der Waals surface area contributed by atoms with Crippen LogP contribution in [-0.2, 0) is 0 Å². The average molecular weight is 350 g/mol. The molecule has 0 radical (unpaired) electrons. The van der Waals surface area contributed by atoms with Gasteiger partial charge in [-0.2, -0.15) is 0 Å². The molecule has 0 fully saturated rings. The molecule has 0 spiro atoms. The lowest BCUT2D eigenvalue weighted by atomic mass is 10.1. The van der Waals surface area contributed by atoms with E-state index in [2.05, 4.69) is 10.2 Å². The first-order valence-electron chi connectivity index (χ1n) is 7.95. The Morgan fingerprint density at radius 2 is 1.65 bits per heavy atom. The average Bonchev–Trinajstić information content (AvgIpc) is 2.68. The number of carbonyl (C=O) groups is 1. The van der Waals surface area contributed by atoms with Crippen molar-refractivity contribution in [2.75, 3.05) is 14.2 Å². The molecule has 3 aromatic rings. The lowest BCUT2D eigenvalue weighted by Gasteiger charge is -2.10. The summed E-state index contributed by atoms with van der Waals surface area (Å²) in [6, 6.07) is 15.8. The molecule has 0 aliphatic carbocycles. The van der Waals surface area contributed by atoms with E-state index in [4.69, 9.17) is 14.2 Å². The highest BCUT2D eigenvalue weighted by atomic mass is 16.5. The van der Waals surface area contributed by atoms with Gasteiger partial charge in [0.15, 0.2) is 0 Å². The third kappa shape index (κ3) is 3.80. The number of hydrogen-bond donors (Lipinski definition) is 0. The number of nitrogens with zero attached hydrogens (tertiary/aromatic N) is 2. The van der Waals surface area contributed by atoms with Gasteiger partial charge in [0.05, 0.1) is 25.5 Å². The summed E-state index contributed by atoms with van der Waals surface area (Å²) in [4.78, 5) is 12.1. The van der Waals surface area contributed by atoms with Crippen LogP contribution in [0.1, 0.15) is 15.9 Å². The van der Waals surface area contributed by atoms with Crippen LogP contribution >= 0.6 is 0 Å². The van der Waals surface area contributed by atoms with Crippen molar-refractivity contribution < 1.29 is 19.0 Å². The summed E-state index contributed by atoms with van der Waals surface area (Å²) in [5.74, 6) is 0.967. The molecule has 26 heavy (non-hydrogen) atoms. The summed E-state index contributed by atoms with van der Waals surface area (Å²) in [7, 11) is 3.17. The van der Waals surface area contributed by atoms with Crippen molar-refractivity contribution in [3.63, 3.8) is 0 Å². The Labute approximate surface area is 151 Å². The minimum Gasteiger partial charge on any atom is -0.497 e. The number of ether oxygens (including phenoxy) is 3. The maximum absolute atomic E-state index is 12.1. The van der Waals surface area contributed by atoms with Gasteiger partial charge in [-0.05, 0) is 43.3 Å². The highest BCUT2D eigenvalue weighted by molar-refractivity contribution is 5.90. The Morgan fingerprint density at radius 1 is 0.885 bits per heavy atom. The van der Waals surface area contributed by atoms with Crippen LogP contribution < -0.4 is 14.2 Å². The molecule has 0 amide bonds. The highest BCUT2D eigenvalue weighted by Gasteiger charge is 2.12. The fourth-order valence-corrected chi connectivity index (χ4v) is 2.38. The van der Waals surface area contributed by atoms with E-state index >= 15 is 0 Å².